The number of halogens is 3. The van der Waals surface area contributed by atoms with Crippen LogP contribution in [0.4, 0.5) is 13.2 Å². The molecule has 1 N–H and O–H groups in total. The molecule has 0 aliphatic carbocycles. The molecule has 4 nitrogen and oxygen atoms in total. The fourth-order valence-corrected chi connectivity index (χ4v) is 2.40. The molecule has 2 rings (SSSR count). The normalized spacial score (nSPS) is 11.3. The Bertz CT molecular complexity index is 656. The maximum Gasteiger partial charge on any atom is 0.573 e. The van der Waals surface area contributed by atoms with Gasteiger partial charge in [0.25, 0.3) is 5.91 Å². The number of aromatic nitrogens is 1. The lowest BCUT2D eigenvalue weighted by Crippen LogP contribution is -2.26. The molecule has 0 saturated heterocycles. The van der Waals surface area contributed by atoms with Crippen molar-refractivity contribution < 1.29 is 22.7 Å². The molecule has 0 aliphatic heterocycles. The van der Waals surface area contributed by atoms with Gasteiger partial charge < -0.3 is 10.1 Å². The maximum absolute atomic E-state index is 12.3. The highest BCUT2D eigenvalue weighted by Gasteiger charge is 2.31. The smallest absolute Gasteiger partial charge is 0.406 e. The average Bonchev–Trinajstić information content (AvgIpc) is 2.86. The summed E-state index contributed by atoms with van der Waals surface area (Å²) in [6.45, 7) is 1.97. The highest BCUT2D eigenvalue weighted by molar-refractivity contribution is 7.09. The van der Waals surface area contributed by atoms with Crippen molar-refractivity contribution >= 4 is 17.2 Å². The van der Waals surface area contributed by atoms with Crippen LogP contribution >= 0.6 is 11.3 Å². The first kappa shape index (κ1) is 16.3. The zero-order chi connectivity index (χ0) is 16.2. The summed E-state index contributed by atoms with van der Waals surface area (Å²) in [6, 6.07) is 5.85. The van der Waals surface area contributed by atoms with Crippen molar-refractivity contribution in [3.05, 3.63) is 45.9 Å². The number of hydrogen-bond acceptors (Lipinski definition) is 4. The number of carbonyl (C=O) groups excluding carboxylic acids is 1. The molecular weight excluding hydrogens is 317 g/mol. The fraction of sp³-hybridized carbons (Fsp3) is 0.286. The van der Waals surface area contributed by atoms with E-state index in [-0.39, 0.29) is 24.6 Å². The Labute approximate surface area is 128 Å². The van der Waals surface area contributed by atoms with Gasteiger partial charge in [-0.05, 0) is 25.0 Å². The molecule has 0 aliphatic rings. The summed E-state index contributed by atoms with van der Waals surface area (Å²) in [6.07, 6.45) is -4.52. The standard InChI is InChI=1S/C14H13F3N2O2S/c1-9-19-11(8-22-9)13(20)18-7-6-10-4-2-3-5-12(10)21-14(15,16)17/h2-5,8H,6-7H2,1H3,(H,18,20). The zero-order valence-corrected chi connectivity index (χ0v) is 12.4. The minimum Gasteiger partial charge on any atom is -0.406 e. The summed E-state index contributed by atoms with van der Waals surface area (Å²) >= 11 is 1.35. The van der Waals surface area contributed by atoms with E-state index in [4.69, 9.17) is 0 Å². The van der Waals surface area contributed by atoms with Gasteiger partial charge in [0.05, 0.1) is 5.01 Å². The number of para-hydroxylation sites is 1. The van der Waals surface area contributed by atoms with Crippen LogP contribution in [0.15, 0.2) is 29.6 Å². The van der Waals surface area contributed by atoms with E-state index in [0.717, 1.165) is 5.01 Å². The predicted molar refractivity (Wildman–Crippen MR) is 76.0 cm³/mol. The van der Waals surface area contributed by atoms with E-state index in [0.29, 0.717) is 11.3 Å². The number of rotatable bonds is 5. The SMILES string of the molecule is Cc1nc(C(=O)NCCc2ccccc2OC(F)(F)F)cs1. The summed E-state index contributed by atoms with van der Waals surface area (Å²) in [5.41, 5.74) is 0.678. The van der Waals surface area contributed by atoms with E-state index in [2.05, 4.69) is 15.0 Å². The maximum atomic E-state index is 12.3. The van der Waals surface area contributed by atoms with Gasteiger partial charge in [0.15, 0.2) is 0 Å². The number of ether oxygens (including phenoxy) is 1. The second kappa shape index (κ2) is 6.78. The van der Waals surface area contributed by atoms with Crippen molar-refractivity contribution in [2.45, 2.75) is 19.7 Å². The average molecular weight is 330 g/mol. The Hall–Kier alpha value is -2.09. The van der Waals surface area contributed by atoms with Gasteiger partial charge in [-0.3, -0.25) is 4.79 Å². The van der Waals surface area contributed by atoms with Gasteiger partial charge in [0.2, 0.25) is 0 Å². The molecule has 1 aromatic carbocycles. The first-order valence-electron chi connectivity index (χ1n) is 6.39. The molecule has 0 spiro atoms. The molecule has 0 unspecified atom stereocenters. The second-order valence-corrected chi connectivity index (χ2v) is 5.48. The third kappa shape index (κ3) is 4.73. The molecule has 8 heteroatoms. The molecule has 118 valence electrons. The number of aryl methyl sites for hydroxylation is 1. The summed E-state index contributed by atoms with van der Waals surface area (Å²) in [7, 11) is 0. The van der Waals surface area contributed by atoms with Crippen molar-refractivity contribution in [2.24, 2.45) is 0 Å². The number of nitrogens with one attached hydrogen (secondary N) is 1. The van der Waals surface area contributed by atoms with Gasteiger partial charge in [0, 0.05) is 11.9 Å². The molecular formula is C14H13F3N2O2S. The number of amides is 1. The lowest BCUT2D eigenvalue weighted by molar-refractivity contribution is -0.274. The highest BCUT2D eigenvalue weighted by atomic mass is 32.1. The van der Waals surface area contributed by atoms with Crippen LogP contribution in [0.5, 0.6) is 5.75 Å². The molecule has 0 radical (unpaired) electrons. The minimum atomic E-state index is -4.74. The van der Waals surface area contributed by atoms with Crippen LogP contribution in [0.1, 0.15) is 21.1 Å². The van der Waals surface area contributed by atoms with Crippen LogP contribution in [0, 0.1) is 6.92 Å². The molecule has 0 fully saturated rings. The Morgan fingerprint density at radius 1 is 1.36 bits per heavy atom. The Balaban J connectivity index is 1.93. The first-order valence-corrected chi connectivity index (χ1v) is 7.27. The zero-order valence-electron chi connectivity index (χ0n) is 11.6. The van der Waals surface area contributed by atoms with Crippen molar-refractivity contribution in [3.8, 4) is 5.75 Å². The molecule has 1 amide bonds. The van der Waals surface area contributed by atoms with Crippen LogP contribution in [0.2, 0.25) is 0 Å². The lowest BCUT2D eigenvalue weighted by Gasteiger charge is -2.13. The van der Waals surface area contributed by atoms with Crippen molar-refractivity contribution in [1.82, 2.24) is 10.3 Å². The minimum absolute atomic E-state index is 0.188. The third-order valence-corrected chi connectivity index (χ3v) is 3.50. The van der Waals surface area contributed by atoms with Crippen molar-refractivity contribution in [2.75, 3.05) is 6.54 Å². The van der Waals surface area contributed by atoms with Gasteiger partial charge in [0.1, 0.15) is 11.4 Å². The Morgan fingerprint density at radius 2 is 2.09 bits per heavy atom. The molecule has 0 atom stereocenters. The number of hydrogen-bond donors (Lipinski definition) is 1. The van der Waals surface area contributed by atoms with Crippen molar-refractivity contribution in [3.63, 3.8) is 0 Å². The molecule has 2 aromatic rings. The van der Waals surface area contributed by atoms with E-state index < -0.39 is 6.36 Å². The van der Waals surface area contributed by atoms with Gasteiger partial charge in [-0.1, -0.05) is 18.2 Å². The van der Waals surface area contributed by atoms with Gasteiger partial charge in [-0.25, -0.2) is 4.98 Å². The topological polar surface area (TPSA) is 51.2 Å². The summed E-state index contributed by atoms with van der Waals surface area (Å²) < 4.78 is 40.8. The van der Waals surface area contributed by atoms with Gasteiger partial charge >= 0.3 is 6.36 Å². The van der Waals surface area contributed by atoms with E-state index >= 15 is 0 Å². The number of benzene rings is 1. The number of thiazole rings is 1. The first-order chi connectivity index (χ1) is 10.3. The number of carbonyl (C=O) groups is 1. The molecule has 0 bridgehead atoms. The fourth-order valence-electron chi connectivity index (χ4n) is 1.80. The van der Waals surface area contributed by atoms with Crippen LogP contribution < -0.4 is 10.1 Å². The predicted octanol–water partition coefficient (Wildman–Crippen LogP) is 3.32. The van der Waals surface area contributed by atoms with Crippen LogP contribution in [0.3, 0.4) is 0 Å². The van der Waals surface area contributed by atoms with Crippen LogP contribution in [-0.2, 0) is 6.42 Å². The Morgan fingerprint density at radius 3 is 2.73 bits per heavy atom. The molecule has 0 saturated carbocycles. The van der Waals surface area contributed by atoms with Crippen LogP contribution in [0.25, 0.3) is 0 Å². The van der Waals surface area contributed by atoms with E-state index in [1.807, 2.05) is 0 Å². The van der Waals surface area contributed by atoms with Crippen LogP contribution in [-0.4, -0.2) is 23.8 Å². The highest BCUT2D eigenvalue weighted by Crippen LogP contribution is 2.26. The molecule has 1 heterocycles. The van der Waals surface area contributed by atoms with Gasteiger partial charge in [-0.2, -0.15) is 0 Å². The van der Waals surface area contributed by atoms with E-state index in [1.54, 1.807) is 18.4 Å². The second-order valence-electron chi connectivity index (χ2n) is 4.41. The number of alkyl halides is 3. The molecule has 1 aromatic heterocycles. The lowest BCUT2D eigenvalue weighted by atomic mass is 10.1. The Kier molecular flexibility index (Phi) is 5.02. The van der Waals surface area contributed by atoms with E-state index in [1.165, 1.54) is 29.5 Å². The number of nitrogens with zero attached hydrogens (tertiary/aromatic N) is 1. The summed E-state index contributed by atoms with van der Waals surface area (Å²) in [4.78, 5) is 15.8. The van der Waals surface area contributed by atoms with Gasteiger partial charge in [-0.15, -0.1) is 24.5 Å². The summed E-state index contributed by atoms with van der Waals surface area (Å²) in [5.74, 6) is -0.604. The van der Waals surface area contributed by atoms with E-state index in [9.17, 15) is 18.0 Å². The van der Waals surface area contributed by atoms with Crippen molar-refractivity contribution in [1.29, 1.82) is 0 Å². The monoisotopic (exact) mass is 330 g/mol. The summed E-state index contributed by atoms with van der Waals surface area (Å²) in [5, 5.41) is 5.02. The largest absolute Gasteiger partial charge is 0.573 e. The molecule has 22 heavy (non-hydrogen) atoms. The quantitative estimate of drug-likeness (QED) is 0.915. The third-order valence-electron chi connectivity index (χ3n) is 2.73.